The molecule has 2 heterocycles. The lowest BCUT2D eigenvalue weighted by Gasteiger charge is -2.36. The molecule has 0 aromatic carbocycles. The van der Waals surface area contributed by atoms with E-state index in [0.717, 1.165) is 18.7 Å². The number of nitrogens with zero attached hydrogens (tertiary/aromatic N) is 2. The van der Waals surface area contributed by atoms with Crippen molar-refractivity contribution in [1.82, 2.24) is 9.88 Å². The normalized spacial score (nSPS) is 16.6. The Morgan fingerprint density at radius 1 is 1.14 bits per heavy atom. The molecule has 5 nitrogen and oxygen atoms in total. The number of likely N-dealkylation sites (tertiary alicyclic amines) is 1. The van der Waals surface area contributed by atoms with Gasteiger partial charge in [0.05, 0.1) is 18.4 Å². The number of hydrogen-bond acceptors (Lipinski definition) is 4. The number of hydrogen-bond donors (Lipinski definition) is 0. The van der Waals surface area contributed by atoms with E-state index >= 15 is 0 Å². The van der Waals surface area contributed by atoms with Crippen LogP contribution >= 0.6 is 0 Å². The Morgan fingerprint density at radius 3 is 2.31 bits per heavy atom. The van der Waals surface area contributed by atoms with Gasteiger partial charge in [-0.05, 0) is 50.5 Å². The van der Waals surface area contributed by atoms with Gasteiger partial charge in [-0.3, -0.25) is 4.98 Å². The molecule has 1 saturated heterocycles. The molecule has 1 aliphatic rings. The molecule has 8 heteroatoms. The predicted octanol–water partition coefficient (Wildman–Crippen LogP) is 5.54. The molecule has 29 heavy (non-hydrogen) atoms. The summed E-state index contributed by atoms with van der Waals surface area (Å²) in [6.45, 7) is 11.5. The highest BCUT2D eigenvalue weighted by molar-refractivity contribution is 5.68. The second-order valence-electron chi connectivity index (χ2n) is 9.51. The lowest BCUT2D eigenvalue weighted by Crippen LogP contribution is -2.44. The first-order chi connectivity index (χ1) is 13.3. The number of alkyl halides is 3. The van der Waals surface area contributed by atoms with Gasteiger partial charge in [0.15, 0.2) is 0 Å². The molecule has 0 N–H and O–H groups in total. The van der Waals surface area contributed by atoms with Crippen LogP contribution < -0.4 is 4.74 Å². The Morgan fingerprint density at radius 2 is 1.76 bits per heavy atom. The lowest BCUT2D eigenvalue weighted by molar-refractivity contribution is -0.138. The van der Waals surface area contributed by atoms with Gasteiger partial charge in [0.25, 0.3) is 0 Å². The van der Waals surface area contributed by atoms with Crippen LogP contribution in [0.5, 0.6) is 5.75 Å². The standard InChI is InChI=1S/C21H31F3N2O3/c1-19(2,3)14-20(4,5)29-18(27)26-8-6-15(7-9-26)13-28-17-10-16(11-25-12-17)21(22,23)24/h10-12,15H,6-9,13-14H2,1-5H3. The molecule has 1 aliphatic heterocycles. The highest BCUT2D eigenvalue weighted by atomic mass is 19.4. The third-order valence-electron chi connectivity index (χ3n) is 4.72. The zero-order valence-corrected chi connectivity index (χ0v) is 17.8. The molecule has 0 saturated carbocycles. The number of amides is 1. The number of carbonyl (C=O) groups excluding carboxylic acids is 1. The number of ether oxygens (including phenoxy) is 2. The van der Waals surface area contributed by atoms with Crippen molar-refractivity contribution in [2.75, 3.05) is 19.7 Å². The first kappa shape index (κ1) is 23.3. The van der Waals surface area contributed by atoms with Crippen LogP contribution in [-0.4, -0.2) is 41.3 Å². The monoisotopic (exact) mass is 416 g/mol. The van der Waals surface area contributed by atoms with Crippen molar-refractivity contribution >= 4 is 6.09 Å². The Balaban J connectivity index is 1.80. The smallest absolute Gasteiger partial charge is 0.418 e. The minimum absolute atomic E-state index is 0.0480. The van der Waals surface area contributed by atoms with Gasteiger partial charge in [-0.15, -0.1) is 0 Å². The van der Waals surface area contributed by atoms with Crippen molar-refractivity contribution in [3.8, 4) is 5.75 Å². The SMILES string of the molecule is CC(C)(C)CC(C)(C)OC(=O)N1CCC(COc2cncc(C(F)(F)F)c2)CC1. The van der Waals surface area contributed by atoms with Crippen molar-refractivity contribution in [1.29, 1.82) is 0 Å². The number of piperidine rings is 1. The third kappa shape index (κ3) is 7.74. The van der Waals surface area contributed by atoms with E-state index in [-0.39, 0.29) is 23.2 Å². The summed E-state index contributed by atoms with van der Waals surface area (Å²) in [6.07, 6.45) is -0.542. The van der Waals surface area contributed by atoms with Gasteiger partial charge in [-0.2, -0.15) is 13.2 Å². The van der Waals surface area contributed by atoms with E-state index < -0.39 is 17.3 Å². The van der Waals surface area contributed by atoms with Crippen LogP contribution in [0.2, 0.25) is 0 Å². The van der Waals surface area contributed by atoms with Gasteiger partial charge in [0.1, 0.15) is 11.4 Å². The largest absolute Gasteiger partial charge is 0.492 e. The number of rotatable bonds is 5. The Kier molecular flexibility index (Phi) is 7.06. The number of carbonyl (C=O) groups is 1. The first-order valence-electron chi connectivity index (χ1n) is 9.88. The average Bonchev–Trinajstić information content (AvgIpc) is 2.57. The van der Waals surface area contributed by atoms with Gasteiger partial charge >= 0.3 is 12.3 Å². The Labute approximate surface area is 170 Å². The highest BCUT2D eigenvalue weighted by Gasteiger charge is 2.33. The van der Waals surface area contributed by atoms with E-state index in [9.17, 15) is 18.0 Å². The summed E-state index contributed by atoms with van der Waals surface area (Å²) >= 11 is 0. The zero-order chi connectivity index (χ0) is 21.9. The third-order valence-corrected chi connectivity index (χ3v) is 4.72. The topological polar surface area (TPSA) is 51.7 Å². The molecule has 1 fully saturated rings. The van der Waals surface area contributed by atoms with E-state index in [0.29, 0.717) is 32.5 Å². The Hall–Kier alpha value is -1.99. The molecule has 0 radical (unpaired) electrons. The zero-order valence-electron chi connectivity index (χ0n) is 17.8. The number of pyridine rings is 1. The molecule has 1 amide bonds. The van der Waals surface area contributed by atoms with E-state index in [2.05, 4.69) is 25.8 Å². The van der Waals surface area contributed by atoms with Crippen molar-refractivity contribution in [2.24, 2.45) is 11.3 Å². The average molecular weight is 416 g/mol. The van der Waals surface area contributed by atoms with E-state index in [1.165, 1.54) is 6.20 Å². The van der Waals surface area contributed by atoms with Crippen LogP contribution in [0, 0.1) is 11.3 Å². The van der Waals surface area contributed by atoms with Gasteiger partial charge in [-0.1, -0.05) is 20.8 Å². The lowest BCUT2D eigenvalue weighted by atomic mass is 9.84. The minimum Gasteiger partial charge on any atom is -0.492 e. The maximum atomic E-state index is 12.7. The summed E-state index contributed by atoms with van der Waals surface area (Å²) in [5.74, 6) is 0.266. The van der Waals surface area contributed by atoms with Crippen LogP contribution in [-0.2, 0) is 10.9 Å². The van der Waals surface area contributed by atoms with Crippen LogP contribution in [0.15, 0.2) is 18.5 Å². The molecular formula is C21H31F3N2O3. The summed E-state index contributed by atoms with van der Waals surface area (Å²) < 4.78 is 49.5. The summed E-state index contributed by atoms with van der Waals surface area (Å²) in [6, 6.07) is 0.955. The van der Waals surface area contributed by atoms with Gasteiger partial charge in [0.2, 0.25) is 0 Å². The van der Waals surface area contributed by atoms with Crippen LogP contribution in [0.1, 0.15) is 59.4 Å². The quantitative estimate of drug-likeness (QED) is 0.632. The molecule has 0 aliphatic carbocycles. The van der Waals surface area contributed by atoms with Crippen LogP contribution in [0.25, 0.3) is 0 Å². The second-order valence-corrected chi connectivity index (χ2v) is 9.51. The molecule has 164 valence electrons. The predicted molar refractivity (Wildman–Crippen MR) is 104 cm³/mol. The van der Waals surface area contributed by atoms with Crippen molar-refractivity contribution in [3.63, 3.8) is 0 Å². The summed E-state index contributed by atoms with van der Waals surface area (Å²) in [7, 11) is 0. The maximum Gasteiger partial charge on any atom is 0.418 e. The Bertz CT molecular complexity index is 691. The molecular weight excluding hydrogens is 385 g/mol. The molecule has 1 aromatic heterocycles. The molecule has 0 bridgehead atoms. The van der Waals surface area contributed by atoms with Gasteiger partial charge in [-0.25, -0.2) is 4.79 Å². The highest BCUT2D eigenvalue weighted by Crippen LogP contribution is 2.32. The molecule has 0 unspecified atom stereocenters. The van der Waals surface area contributed by atoms with E-state index in [1.807, 2.05) is 13.8 Å². The summed E-state index contributed by atoms with van der Waals surface area (Å²) in [4.78, 5) is 17.8. The molecule has 0 atom stereocenters. The first-order valence-corrected chi connectivity index (χ1v) is 9.88. The fraction of sp³-hybridized carbons (Fsp3) is 0.714. The van der Waals surface area contributed by atoms with E-state index in [4.69, 9.17) is 9.47 Å². The maximum absolute atomic E-state index is 12.7. The second kappa shape index (κ2) is 8.79. The van der Waals surface area contributed by atoms with Crippen LogP contribution in [0.4, 0.5) is 18.0 Å². The molecule has 2 rings (SSSR count). The van der Waals surface area contributed by atoms with Gasteiger partial charge in [0, 0.05) is 19.3 Å². The van der Waals surface area contributed by atoms with E-state index in [1.54, 1.807) is 4.90 Å². The van der Waals surface area contributed by atoms with Crippen molar-refractivity contribution < 1.29 is 27.4 Å². The van der Waals surface area contributed by atoms with Crippen LogP contribution in [0.3, 0.4) is 0 Å². The minimum atomic E-state index is -4.45. The van der Waals surface area contributed by atoms with Gasteiger partial charge < -0.3 is 14.4 Å². The van der Waals surface area contributed by atoms with Crippen molar-refractivity contribution in [3.05, 3.63) is 24.0 Å². The fourth-order valence-corrected chi connectivity index (χ4v) is 3.76. The molecule has 1 aromatic rings. The number of halogens is 3. The number of aromatic nitrogens is 1. The molecule has 0 spiro atoms. The summed E-state index contributed by atoms with van der Waals surface area (Å²) in [5, 5.41) is 0. The summed E-state index contributed by atoms with van der Waals surface area (Å²) in [5.41, 5.74) is -1.33. The fourth-order valence-electron chi connectivity index (χ4n) is 3.76. The van der Waals surface area contributed by atoms with Crippen molar-refractivity contribution in [2.45, 2.75) is 65.7 Å².